The van der Waals surface area contributed by atoms with Crippen LogP contribution < -0.4 is 5.43 Å². The molecule has 1 amide bonds. The predicted molar refractivity (Wildman–Crippen MR) is 120 cm³/mol. The largest absolute Gasteiger partial charge is 0.506 e. The molecular weight excluding hydrogens is 462 g/mol. The maximum Gasteiger partial charge on any atom is 0.271 e. The number of halogens is 1. The van der Waals surface area contributed by atoms with Crippen molar-refractivity contribution in [1.82, 2.24) is 5.43 Å². The quantitative estimate of drug-likeness (QED) is 0.308. The number of nitro benzene ring substituents is 1. The van der Waals surface area contributed by atoms with Crippen molar-refractivity contribution < 1.29 is 14.8 Å². The topological polar surface area (TPSA) is 105 Å². The van der Waals surface area contributed by atoms with Crippen molar-refractivity contribution in [1.29, 1.82) is 0 Å². The summed E-state index contributed by atoms with van der Waals surface area (Å²) in [5, 5.41) is 25.1. The summed E-state index contributed by atoms with van der Waals surface area (Å²) in [7, 11) is 0. The Morgan fingerprint density at radius 3 is 2.26 bits per heavy atom. The van der Waals surface area contributed by atoms with Crippen molar-refractivity contribution >= 4 is 33.7 Å². The van der Waals surface area contributed by atoms with Gasteiger partial charge in [0.1, 0.15) is 5.75 Å². The van der Waals surface area contributed by atoms with Crippen LogP contribution in [-0.2, 0) is 10.2 Å². The SMILES string of the molecule is O=C(N/N=C/c1cc([N+](=O)[O-])cc(Br)c1O)C1CC1(c1ccccc1)c1ccccc1. The molecule has 0 saturated heterocycles. The number of nitro groups is 1. The van der Waals surface area contributed by atoms with Gasteiger partial charge in [0.05, 0.1) is 21.5 Å². The molecule has 1 fully saturated rings. The number of carbonyl (C=O) groups excluding carboxylic acids is 1. The molecule has 1 unspecified atom stereocenters. The summed E-state index contributed by atoms with van der Waals surface area (Å²) in [5.74, 6) is -0.759. The lowest BCUT2D eigenvalue weighted by Gasteiger charge is -2.18. The molecule has 0 aliphatic heterocycles. The van der Waals surface area contributed by atoms with E-state index >= 15 is 0 Å². The molecule has 1 atom stereocenters. The van der Waals surface area contributed by atoms with E-state index in [1.54, 1.807) is 0 Å². The number of aromatic hydroxyl groups is 1. The van der Waals surface area contributed by atoms with Gasteiger partial charge in [-0.2, -0.15) is 5.10 Å². The van der Waals surface area contributed by atoms with Gasteiger partial charge in [0.15, 0.2) is 0 Å². The molecule has 3 aromatic rings. The number of hydrogen-bond acceptors (Lipinski definition) is 5. The minimum atomic E-state index is -0.571. The Balaban J connectivity index is 1.55. The maximum atomic E-state index is 12.9. The van der Waals surface area contributed by atoms with Gasteiger partial charge < -0.3 is 5.11 Å². The lowest BCUT2D eigenvalue weighted by atomic mass is 9.85. The number of hydrogen-bond donors (Lipinski definition) is 2. The molecule has 8 heteroatoms. The van der Waals surface area contributed by atoms with Crippen LogP contribution in [0.1, 0.15) is 23.1 Å². The highest BCUT2D eigenvalue weighted by Crippen LogP contribution is 2.58. The van der Waals surface area contributed by atoms with E-state index in [-0.39, 0.29) is 33.3 Å². The Kier molecular flexibility index (Phi) is 5.56. The number of nitrogens with one attached hydrogen (secondary N) is 1. The Bertz CT molecular complexity index is 1130. The molecule has 31 heavy (non-hydrogen) atoms. The molecule has 0 aromatic heterocycles. The predicted octanol–water partition coefficient (Wildman–Crippen LogP) is 4.52. The van der Waals surface area contributed by atoms with Crippen molar-refractivity contribution in [2.75, 3.05) is 0 Å². The molecule has 4 rings (SSSR count). The van der Waals surface area contributed by atoms with Gasteiger partial charge in [0.2, 0.25) is 5.91 Å². The first-order valence-corrected chi connectivity index (χ1v) is 10.3. The van der Waals surface area contributed by atoms with E-state index in [9.17, 15) is 20.0 Å². The molecule has 0 heterocycles. The van der Waals surface area contributed by atoms with E-state index in [1.807, 2.05) is 60.7 Å². The molecule has 156 valence electrons. The summed E-state index contributed by atoms with van der Waals surface area (Å²) in [5.41, 5.74) is 4.14. The van der Waals surface area contributed by atoms with Crippen LogP contribution >= 0.6 is 15.9 Å². The zero-order valence-electron chi connectivity index (χ0n) is 16.2. The Morgan fingerprint density at radius 2 is 1.71 bits per heavy atom. The fourth-order valence-corrected chi connectivity index (χ4v) is 4.37. The number of amides is 1. The molecule has 1 saturated carbocycles. The second-order valence-electron chi connectivity index (χ2n) is 7.32. The molecule has 2 N–H and O–H groups in total. The minimum Gasteiger partial charge on any atom is -0.506 e. The van der Waals surface area contributed by atoms with E-state index in [2.05, 4.69) is 26.5 Å². The highest BCUT2D eigenvalue weighted by atomic mass is 79.9. The monoisotopic (exact) mass is 479 g/mol. The third kappa shape index (κ3) is 3.94. The number of carbonyl (C=O) groups is 1. The zero-order chi connectivity index (χ0) is 22.0. The van der Waals surface area contributed by atoms with Crippen LogP contribution in [0, 0.1) is 16.0 Å². The van der Waals surface area contributed by atoms with Crippen LogP contribution in [0.15, 0.2) is 82.4 Å². The fraction of sp³-hybridized carbons (Fsp3) is 0.130. The van der Waals surface area contributed by atoms with Gasteiger partial charge >= 0.3 is 0 Å². The van der Waals surface area contributed by atoms with Crippen molar-refractivity contribution in [3.8, 4) is 5.75 Å². The molecule has 1 aliphatic carbocycles. The van der Waals surface area contributed by atoms with Gasteiger partial charge in [-0.05, 0) is 33.5 Å². The summed E-state index contributed by atoms with van der Waals surface area (Å²) in [6, 6.07) is 22.1. The first-order valence-electron chi connectivity index (χ1n) is 9.54. The van der Waals surface area contributed by atoms with Gasteiger partial charge in [-0.3, -0.25) is 14.9 Å². The normalized spacial score (nSPS) is 16.7. The summed E-state index contributed by atoms with van der Waals surface area (Å²) < 4.78 is 0.170. The van der Waals surface area contributed by atoms with Gasteiger partial charge in [-0.15, -0.1) is 0 Å². The lowest BCUT2D eigenvalue weighted by Crippen LogP contribution is -2.25. The van der Waals surface area contributed by atoms with E-state index in [0.29, 0.717) is 6.42 Å². The number of nitrogens with zero attached hydrogens (tertiary/aromatic N) is 2. The molecule has 0 bridgehead atoms. The van der Waals surface area contributed by atoms with Crippen LogP contribution in [0.3, 0.4) is 0 Å². The number of hydrazone groups is 1. The van der Waals surface area contributed by atoms with Crippen LogP contribution in [0.4, 0.5) is 5.69 Å². The Labute approximate surface area is 186 Å². The average Bonchev–Trinajstić information content (AvgIpc) is 3.55. The van der Waals surface area contributed by atoms with Crippen LogP contribution in [0.25, 0.3) is 0 Å². The Morgan fingerprint density at radius 1 is 1.13 bits per heavy atom. The second-order valence-corrected chi connectivity index (χ2v) is 8.17. The van der Waals surface area contributed by atoms with E-state index in [4.69, 9.17) is 0 Å². The summed E-state index contributed by atoms with van der Waals surface area (Å²) in [4.78, 5) is 23.3. The molecule has 0 spiro atoms. The first-order chi connectivity index (χ1) is 14.9. The van der Waals surface area contributed by atoms with E-state index < -0.39 is 10.3 Å². The number of phenolic OH excluding ortho intramolecular Hbond substituents is 1. The number of non-ortho nitro benzene ring substituents is 1. The Hall–Kier alpha value is -3.52. The van der Waals surface area contributed by atoms with E-state index in [0.717, 1.165) is 11.1 Å². The van der Waals surface area contributed by atoms with E-state index in [1.165, 1.54) is 18.3 Å². The molecule has 1 aliphatic rings. The molecule has 7 nitrogen and oxygen atoms in total. The first kappa shape index (κ1) is 20.7. The lowest BCUT2D eigenvalue weighted by molar-refractivity contribution is -0.385. The van der Waals surface area contributed by atoms with Crippen LogP contribution in [0.2, 0.25) is 0 Å². The van der Waals surface area contributed by atoms with Gasteiger partial charge in [-0.25, -0.2) is 5.43 Å². The highest BCUT2D eigenvalue weighted by molar-refractivity contribution is 9.10. The number of rotatable bonds is 6. The van der Waals surface area contributed by atoms with Crippen molar-refractivity contribution in [3.63, 3.8) is 0 Å². The van der Waals surface area contributed by atoms with Crippen LogP contribution in [-0.4, -0.2) is 22.2 Å². The number of phenols is 1. The summed E-state index contributed by atoms with van der Waals surface area (Å²) in [6.07, 6.45) is 1.84. The van der Waals surface area contributed by atoms with Gasteiger partial charge in [0.25, 0.3) is 5.69 Å². The maximum absolute atomic E-state index is 12.9. The zero-order valence-corrected chi connectivity index (χ0v) is 17.8. The molecular formula is C23H18BrN3O4. The minimum absolute atomic E-state index is 0.120. The van der Waals surface area contributed by atoms with Gasteiger partial charge in [-0.1, -0.05) is 60.7 Å². The number of benzene rings is 3. The molecule has 0 radical (unpaired) electrons. The summed E-state index contributed by atoms with van der Waals surface area (Å²) >= 11 is 3.08. The third-order valence-electron chi connectivity index (χ3n) is 5.52. The molecule has 3 aromatic carbocycles. The van der Waals surface area contributed by atoms with Crippen molar-refractivity contribution in [3.05, 3.63) is 104 Å². The van der Waals surface area contributed by atoms with Crippen LogP contribution in [0.5, 0.6) is 5.75 Å². The highest BCUT2D eigenvalue weighted by Gasteiger charge is 2.60. The van der Waals surface area contributed by atoms with Gasteiger partial charge in [0, 0.05) is 23.1 Å². The van der Waals surface area contributed by atoms with Crippen molar-refractivity contribution in [2.24, 2.45) is 11.0 Å². The standard InChI is InChI=1S/C23H18BrN3O4/c24-20-12-18(27(30)31)11-15(21(20)28)14-25-26-22(29)19-13-23(19,16-7-3-1-4-8-16)17-9-5-2-6-10-17/h1-12,14,19,28H,13H2,(H,26,29)/b25-14+. The third-order valence-corrected chi connectivity index (χ3v) is 6.13. The second kappa shape index (κ2) is 8.31. The summed E-state index contributed by atoms with van der Waals surface area (Å²) in [6.45, 7) is 0. The smallest absolute Gasteiger partial charge is 0.271 e. The van der Waals surface area contributed by atoms with Crippen molar-refractivity contribution in [2.45, 2.75) is 11.8 Å². The fourth-order valence-electron chi connectivity index (χ4n) is 3.91. The average molecular weight is 480 g/mol.